The highest BCUT2D eigenvalue weighted by Crippen LogP contribution is 2.26. The summed E-state index contributed by atoms with van der Waals surface area (Å²) in [4.78, 5) is 8.14. The second kappa shape index (κ2) is 10.4. The molecule has 0 saturated carbocycles. The lowest BCUT2D eigenvalue weighted by molar-refractivity contribution is 0.415. The molecule has 2 N–H and O–H groups in total. The zero-order valence-electron chi connectivity index (χ0n) is 17.9. The Morgan fingerprint density at radius 1 is 1.24 bits per heavy atom. The number of thioether (sulfide) groups is 1. The minimum absolute atomic E-state index is 0.598. The fourth-order valence-electron chi connectivity index (χ4n) is 3.68. The first-order valence-corrected chi connectivity index (χ1v) is 11.3. The van der Waals surface area contributed by atoms with E-state index in [2.05, 4.69) is 70.1 Å². The van der Waals surface area contributed by atoms with Gasteiger partial charge in [0, 0.05) is 49.9 Å². The van der Waals surface area contributed by atoms with Gasteiger partial charge in [-0.05, 0) is 54.8 Å². The molecule has 0 aliphatic carbocycles. The van der Waals surface area contributed by atoms with Crippen LogP contribution in [0, 0.1) is 12.8 Å². The van der Waals surface area contributed by atoms with Crippen molar-refractivity contribution in [1.29, 1.82) is 0 Å². The van der Waals surface area contributed by atoms with Crippen molar-refractivity contribution in [3.8, 4) is 5.75 Å². The molecule has 0 bridgehead atoms. The number of benzene rings is 2. The highest BCUT2D eigenvalue weighted by atomic mass is 32.2. The maximum Gasteiger partial charge on any atom is 0.191 e. The van der Waals surface area contributed by atoms with Gasteiger partial charge in [-0.2, -0.15) is 0 Å². The SMILES string of the molecule is CN=C(NCc1ccc(C)cc1SC)NCC1CCN(c2cccc(OC)c2)C1. The van der Waals surface area contributed by atoms with Crippen molar-refractivity contribution in [1.82, 2.24) is 10.6 Å². The molecule has 0 radical (unpaired) electrons. The first-order chi connectivity index (χ1) is 14.1. The van der Waals surface area contributed by atoms with Crippen LogP contribution in [-0.4, -0.2) is 46.0 Å². The van der Waals surface area contributed by atoms with Gasteiger partial charge in [0.05, 0.1) is 7.11 Å². The second-order valence-electron chi connectivity index (χ2n) is 7.42. The van der Waals surface area contributed by atoms with E-state index in [1.165, 1.54) is 28.1 Å². The number of hydrogen-bond acceptors (Lipinski definition) is 4. The molecule has 5 nitrogen and oxygen atoms in total. The van der Waals surface area contributed by atoms with Crippen molar-refractivity contribution in [2.45, 2.75) is 24.8 Å². The standard InChI is InChI=1S/C23H32N4OS/c1-17-8-9-19(22(12-17)29-4)15-26-23(24-2)25-14-18-10-11-27(16-18)20-6-5-7-21(13-20)28-3/h5-9,12-13,18H,10-11,14-16H2,1-4H3,(H2,24,25,26). The molecule has 2 aromatic carbocycles. The summed E-state index contributed by atoms with van der Waals surface area (Å²) in [6, 6.07) is 14.9. The van der Waals surface area contributed by atoms with E-state index in [1.807, 2.05) is 13.1 Å². The first kappa shape index (κ1) is 21.4. The summed E-state index contributed by atoms with van der Waals surface area (Å²) in [5.74, 6) is 2.37. The van der Waals surface area contributed by atoms with E-state index in [1.54, 1.807) is 18.9 Å². The smallest absolute Gasteiger partial charge is 0.191 e. The molecule has 0 spiro atoms. The molecule has 1 atom stereocenters. The summed E-state index contributed by atoms with van der Waals surface area (Å²) in [6.45, 7) is 5.95. The molecule has 2 aromatic rings. The van der Waals surface area contributed by atoms with E-state index in [-0.39, 0.29) is 0 Å². The van der Waals surface area contributed by atoms with Crippen molar-refractivity contribution in [2.24, 2.45) is 10.9 Å². The highest BCUT2D eigenvalue weighted by molar-refractivity contribution is 7.98. The van der Waals surface area contributed by atoms with Crippen molar-refractivity contribution in [3.63, 3.8) is 0 Å². The van der Waals surface area contributed by atoms with Crippen molar-refractivity contribution >= 4 is 23.4 Å². The third kappa shape index (κ3) is 5.82. The number of ether oxygens (including phenoxy) is 1. The van der Waals surface area contributed by atoms with Crippen LogP contribution in [0.5, 0.6) is 5.75 Å². The van der Waals surface area contributed by atoms with Crippen LogP contribution in [0.3, 0.4) is 0 Å². The van der Waals surface area contributed by atoms with E-state index < -0.39 is 0 Å². The van der Waals surface area contributed by atoms with Crippen LogP contribution < -0.4 is 20.3 Å². The molecule has 1 heterocycles. The van der Waals surface area contributed by atoms with Gasteiger partial charge in [0.25, 0.3) is 0 Å². The molecule has 0 amide bonds. The number of anilines is 1. The molecule has 1 fully saturated rings. The van der Waals surface area contributed by atoms with Gasteiger partial charge in [0.15, 0.2) is 5.96 Å². The van der Waals surface area contributed by atoms with Crippen LogP contribution >= 0.6 is 11.8 Å². The van der Waals surface area contributed by atoms with E-state index in [9.17, 15) is 0 Å². The van der Waals surface area contributed by atoms with E-state index in [4.69, 9.17) is 4.74 Å². The maximum absolute atomic E-state index is 5.36. The van der Waals surface area contributed by atoms with Gasteiger partial charge in [-0.3, -0.25) is 4.99 Å². The second-order valence-corrected chi connectivity index (χ2v) is 8.27. The molecular weight excluding hydrogens is 380 g/mol. The Hall–Kier alpha value is -2.34. The molecule has 1 saturated heterocycles. The Morgan fingerprint density at radius 2 is 2.10 bits per heavy atom. The minimum atomic E-state index is 0.598. The van der Waals surface area contributed by atoms with Gasteiger partial charge in [-0.15, -0.1) is 11.8 Å². The van der Waals surface area contributed by atoms with Gasteiger partial charge in [0.1, 0.15) is 5.75 Å². The number of hydrogen-bond donors (Lipinski definition) is 2. The summed E-state index contributed by atoms with van der Waals surface area (Å²) in [6.07, 6.45) is 3.30. The maximum atomic E-state index is 5.36. The van der Waals surface area contributed by atoms with Gasteiger partial charge < -0.3 is 20.3 Å². The Bertz CT molecular complexity index is 839. The molecule has 0 aromatic heterocycles. The molecule has 1 unspecified atom stereocenters. The van der Waals surface area contributed by atoms with Crippen LogP contribution in [0.2, 0.25) is 0 Å². The van der Waals surface area contributed by atoms with Gasteiger partial charge in [0.2, 0.25) is 0 Å². The summed E-state index contributed by atoms with van der Waals surface area (Å²) in [5, 5.41) is 6.96. The lowest BCUT2D eigenvalue weighted by atomic mass is 10.1. The monoisotopic (exact) mass is 412 g/mol. The van der Waals surface area contributed by atoms with Gasteiger partial charge in [-0.1, -0.05) is 18.2 Å². The lowest BCUT2D eigenvalue weighted by Gasteiger charge is -2.20. The summed E-state index contributed by atoms with van der Waals surface area (Å²) in [7, 11) is 3.55. The lowest BCUT2D eigenvalue weighted by Crippen LogP contribution is -2.40. The van der Waals surface area contributed by atoms with Crippen LogP contribution in [-0.2, 0) is 6.54 Å². The first-order valence-electron chi connectivity index (χ1n) is 10.1. The Morgan fingerprint density at radius 3 is 2.86 bits per heavy atom. The Labute approximate surface area is 178 Å². The molecule has 156 valence electrons. The third-order valence-corrected chi connectivity index (χ3v) is 6.19. The molecule has 6 heteroatoms. The number of guanidine groups is 1. The Kier molecular flexibility index (Phi) is 7.69. The number of aryl methyl sites for hydroxylation is 1. The van der Waals surface area contributed by atoms with Crippen LogP contribution in [0.1, 0.15) is 17.5 Å². The summed E-state index contributed by atoms with van der Waals surface area (Å²) in [5.41, 5.74) is 3.83. The summed E-state index contributed by atoms with van der Waals surface area (Å²) < 4.78 is 5.36. The zero-order chi connectivity index (χ0) is 20.6. The number of aliphatic imine (C=N–C) groups is 1. The fraction of sp³-hybridized carbons (Fsp3) is 0.435. The minimum Gasteiger partial charge on any atom is -0.497 e. The zero-order valence-corrected chi connectivity index (χ0v) is 18.7. The largest absolute Gasteiger partial charge is 0.497 e. The average Bonchev–Trinajstić information content (AvgIpc) is 3.23. The molecule has 1 aliphatic heterocycles. The van der Waals surface area contributed by atoms with Crippen molar-refractivity contribution in [3.05, 3.63) is 53.6 Å². The molecule has 29 heavy (non-hydrogen) atoms. The predicted octanol–water partition coefficient (Wildman–Crippen LogP) is 3.92. The van der Waals surface area contributed by atoms with Crippen LogP contribution in [0.4, 0.5) is 5.69 Å². The fourth-order valence-corrected chi connectivity index (χ4v) is 4.39. The predicted molar refractivity (Wildman–Crippen MR) is 124 cm³/mol. The highest BCUT2D eigenvalue weighted by Gasteiger charge is 2.23. The molecule has 3 rings (SSSR count). The number of nitrogens with one attached hydrogen (secondary N) is 2. The number of nitrogens with zero attached hydrogens (tertiary/aromatic N) is 2. The average molecular weight is 413 g/mol. The van der Waals surface area contributed by atoms with Gasteiger partial charge >= 0.3 is 0 Å². The normalized spacial score (nSPS) is 16.8. The topological polar surface area (TPSA) is 48.9 Å². The number of rotatable bonds is 7. The summed E-state index contributed by atoms with van der Waals surface area (Å²) >= 11 is 1.79. The van der Waals surface area contributed by atoms with Gasteiger partial charge in [-0.25, -0.2) is 0 Å². The Balaban J connectivity index is 1.49. The van der Waals surface area contributed by atoms with E-state index in [0.29, 0.717) is 5.92 Å². The van der Waals surface area contributed by atoms with Crippen LogP contribution in [0.15, 0.2) is 52.4 Å². The quantitative estimate of drug-likeness (QED) is 0.410. The number of methoxy groups -OCH3 is 1. The third-order valence-electron chi connectivity index (χ3n) is 5.37. The molecular formula is C23H32N4OS. The van der Waals surface area contributed by atoms with E-state index in [0.717, 1.165) is 37.9 Å². The van der Waals surface area contributed by atoms with Crippen LogP contribution in [0.25, 0.3) is 0 Å². The molecule has 1 aliphatic rings. The van der Waals surface area contributed by atoms with E-state index >= 15 is 0 Å². The van der Waals surface area contributed by atoms with Crippen molar-refractivity contribution in [2.75, 3.05) is 44.9 Å². The van der Waals surface area contributed by atoms with Crippen molar-refractivity contribution < 1.29 is 4.74 Å².